The van der Waals surface area contributed by atoms with Crippen molar-refractivity contribution in [2.75, 3.05) is 36.9 Å². The maximum absolute atomic E-state index is 12.8. The van der Waals surface area contributed by atoms with Gasteiger partial charge >= 0.3 is 6.03 Å². The second-order valence-electron chi connectivity index (χ2n) is 8.68. The standard InChI is InChI=1S/C28H28N4O2S/c1-19-5-4-8-26(27(19)35)31-28(33)30-25-12-11-22(23-6-2-3-7-24(23)25)20-9-10-21(29-17-20)18-32-13-15-34-16-14-32/h2-12,17,35H,13-16,18H2,1H3,(H2,30,31,33). The number of aryl methyl sites for hydroxylation is 1. The minimum Gasteiger partial charge on any atom is -0.379 e. The van der Waals surface area contributed by atoms with E-state index in [1.165, 1.54) is 0 Å². The number of fused-ring (bicyclic) bond motifs is 1. The fourth-order valence-corrected chi connectivity index (χ4v) is 4.57. The van der Waals surface area contributed by atoms with E-state index in [1.807, 2.05) is 61.7 Å². The molecule has 2 heterocycles. The number of benzene rings is 3. The van der Waals surface area contributed by atoms with Gasteiger partial charge in [0.05, 0.1) is 30.3 Å². The molecule has 0 aliphatic carbocycles. The molecule has 0 spiro atoms. The molecule has 1 fully saturated rings. The third-order valence-corrected chi connectivity index (χ3v) is 6.88. The lowest BCUT2D eigenvalue weighted by Crippen LogP contribution is -2.35. The molecule has 5 rings (SSSR count). The van der Waals surface area contributed by atoms with Crippen molar-refractivity contribution in [2.45, 2.75) is 18.4 Å². The van der Waals surface area contributed by atoms with E-state index in [1.54, 1.807) is 0 Å². The van der Waals surface area contributed by atoms with Gasteiger partial charge in [0, 0.05) is 41.7 Å². The molecular weight excluding hydrogens is 456 g/mol. The zero-order valence-electron chi connectivity index (χ0n) is 19.6. The van der Waals surface area contributed by atoms with Crippen LogP contribution in [0, 0.1) is 6.92 Å². The van der Waals surface area contributed by atoms with Crippen molar-refractivity contribution in [2.24, 2.45) is 0 Å². The van der Waals surface area contributed by atoms with Gasteiger partial charge in [-0.3, -0.25) is 9.88 Å². The maximum atomic E-state index is 12.8. The summed E-state index contributed by atoms with van der Waals surface area (Å²) in [5.74, 6) is 0. The second kappa shape index (κ2) is 10.5. The Bertz CT molecular complexity index is 1350. The molecular formula is C28H28N4O2S. The first-order valence-electron chi connectivity index (χ1n) is 11.7. The quantitative estimate of drug-likeness (QED) is 0.305. The van der Waals surface area contributed by atoms with Crippen molar-refractivity contribution in [1.82, 2.24) is 9.88 Å². The zero-order valence-corrected chi connectivity index (χ0v) is 20.5. The van der Waals surface area contributed by atoms with Crippen LogP contribution < -0.4 is 10.6 Å². The van der Waals surface area contributed by atoms with Gasteiger partial charge in [-0.2, -0.15) is 0 Å². The Kier molecular flexibility index (Phi) is 6.99. The first-order valence-corrected chi connectivity index (χ1v) is 12.2. The molecule has 0 radical (unpaired) electrons. The SMILES string of the molecule is Cc1cccc(NC(=O)Nc2ccc(-c3ccc(CN4CCOCC4)nc3)c3ccccc23)c1S. The van der Waals surface area contributed by atoms with Gasteiger partial charge in [-0.05, 0) is 41.6 Å². The van der Waals surface area contributed by atoms with Gasteiger partial charge < -0.3 is 15.4 Å². The van der Waals surface area contributed by atoms with Crippen LogP contribution in [0.2, 0.25) is 0 Å². The fourth-order valence-electron chi connectivity index (χ4n) is 4.36. The summed E-state index contributed by atoms with van der Waals surface area (Å²) in [6.45, 7) is 6.23. The first kappa shape index (κ1) is 23.4. The Morgan fingerprint density at radius 1 is 0.943 bits per heavy atom. The van der Waals surface area contributed by atoms with Crippen LogP contribution >= 0.6 is 12.6 Å². The predicted molar refractivity (Wildman–Crippen MR) is 144 cm³/mol. The number of aromatic nitrogens is 1. The Morgan fingerprint density at radius 3 is 2.49 bits per heavy atom. The number of pyridine rings is 1. The van der Waals surface area contributed by atoms with E-state index < -0.39 is 0 Å². The van der Waals surface area contributed by atoms with Crippen LogP contribution in [0.5, 0.6) is 0 Å². The molecule has 2 amide bonds. The minimum absolute atomic E-state index is 0.307. The number of nitrogens with one attached hydrogen (secondary N) is 2. The summed E-state index contributed by atoms with van der Waals surface area (Å²) < 4.78 is 5.43. The Labute approximate surface area is 210 Å². The number of amides is 2. The monoisotopic (exact) mass is 484 g/mol. The van der Waals surface area contributed by atoms with Crippen molar-refractivity contribution in [3.8, 4) is 11.1 Å². The largest absolute Gasteiger partial charge is 0.379 e. The molecule has 2 N–H and O–H groups in total. The number of rotatable bonds is 5. The Morgan fingerprint density at radius 2 is 1.71 bits per heavy atom. The number of carbonyl (C=O) groups excluding carboxylic acids is 1. The summed E-state index contributed by atoms with van der Waals surface area (Å²) in [5.41, 5.74) is 5.60. The van der Waals surface area contributed by atoms with E-state index in [0.717, 1.165) is 76.6 Å². The summed E-state index contributed by atoms with van der Waals surface area (Å²) in [7, 11) is 0. The van der Waals surface area contributed by atoms with Crippen molar-refractivity contribution in [3.63, 3.8) is 0 Å². The number of hydrogen-bond donors (Lipinski definition) is 3. The molecule has 1 aliphatic heterocycles. The molecule has 6 nitrogen and oxygen atoms in total. The molecule has 0 unspecified atom stereocenters. The van der Waals surface area contributed by atoms with Gasteiger partial charge in [0.2, 0.25) is 0 Å². The Hall–Kier alpha value is -3.39. The molecule has 1 aromatic heterocycles. The number of thiol groups is 1. The first-order chi connectivity index (χ1) is 17.1. The molecule has 0 atom stereocenters. The van der Waals surface area contributed by atoms with E-state index >= 15 is 0 Å². The van der Waals surface area contributed by atoms with Gasteiger partial charge in [-0.1, -0.05) is 48.5 Å². The normalized spacial score (nSPS) is 14.1. The molecule has 178 valence electrons. The lowest BCUT2D eigenvalue weighted by Gasteiger charge is -2.26. The van der Waals surface area contributed by atoms with Crippen molar-refractivity contribution in [3.05, 3.63) is 84.2 Å². The number of urea groups is 1. The van der Waals surface area contributed by atoms with Crippen LogP contribution in [-0.4, -0.2) is 42.2 Å². The molecule has 0 bridgehead atoms. The van der Waals surface area contributed by atoms with Crippen molar-refractivity contribution in [1.29, 1.82) is 0 Å². The van der Waals surface area contributed by atoms with Gasteiger partial charge in [0.1, 0.15) is 0 Å². The molecule has 0 saturated carbocycles. The minimum atomic E-state index is -0.307. The Balaban J connectivity index is 1.37. The van der Waals surface area contributed by atoms with Gasteiger partial charge in [0.25, 0.3) is 0 Å². The molecule has 35 heavy (non-hydrogen) atoms. The second-order valence-corrected chi connectivity index (χ2v) is 9.13. The third kappa shape index (κ3) is 5.32. The average Bonchev–Trinajstić information content (AvgIpc) is 2.88. The van der Waals surface area contributed by atoms with E-state index in [2.05, 4.69) is 46.4 Å². The summed E-state index contributed by atoms with van der Waals surface area (Å²) in [6.07, 6.45) is 1.93. The molecule has 4 aromatic rings. The van der Waals surface area contributed by atoms with Crippen LogP contribution in [0.3, 0.4) is 0 Å². The molecule has 7 heteroatoms. The number of hydrogen-bond acceptors (Lipinski definition) is 5. The molecule has 1 aliphatic rings. The van der Waals surface area contributed by atoms with Crippen LogP contribution in [0.1, 0.15) is 11.3 Å². The fraction of sp³-hybridized carbons (Fsp3) is 0.214. The predicted octanol–water partition coefficient (Wildman–Crippen LogP) is 5.98. The highest BCUT2D eigenvalue weighted by Gasteiger charge is 2.14. The maximum Gasteiger partial charge on any atom is 0.323 e. The number of nitrogens with zero attached hydrogens (tertiary/aromatic N) is 2. The van der Waals surface area contributed by atoms with E-state index in [9.17, 15) is 4.79 Å². The van der Waals surface area contributed by atoms with Gasteiger partial charge in [-0.15, -0.1) is 12.6 Å². The van der Waals surface area contributed by atoms with Crippen LogP contribution in [0.4, 0.5) is 16.2 Å². The van der Waals surface area contributed by atoms with Gasteiger partial charge in [0.15, 0.2) is 0 Å². The van der Waals surface area contributed by atoms with Crippen molar-refractivity contribution >= 4 is 40.8 Å². The topological polar surface area (TPSA) is 66.5 Å². The summed E-state index contributed by atoms with van der Waals surface area (Å²) in [4.78, 5) is 20.6. The number of morpholine rings is 1. The van der Waals surface area contributed by atoms with E-state index in [0.29, 0.717) is 5.69 Å². The number of anilines is 2. The summed E-state index contributed by atoms with van der Waals surface area (Å²) in [6, 6.07) is 21.7. The summed E-state index contributed by atoms with van der Waals surface area (Å²) in [5, 5.41) is 7.92. The van der Waals surface area contributed by atoms with Crippen LogP contribution in [-0.2, 0) is 11.3 Å². The smallest absolute Gasteiger partial charge is 0.323 e. The highest BCUT2D eigenvalue weighted by molar-refractivity contribution is 7.80. The third-order valence-electron chi connectivity index (χ3n) is 6.28. The van der Waals surface area contributed by atoms with E-state index in [-0.39, 0.29) is 6.03 Å². The van der Waals surface area contributed by atoms with Crippen LogP contribution in [0.25, 0.3) is 21.9 Å². The zero-order chi connectivity index (χ0) is 24.2. The van der Waals surface area contributed by atoms with Crippen molar-refractivity contribution < 1.29 is 9.53 Å². The van der Waals surface area contributed by atoms with Crippen LogP contribution in [0.15, 0.2) is 77.8 Å². The van der Waals surface area contributed by atoms with E-state index in [4.69, 9.17) is 9.72 Å². The average molecular weight is 485 g/mol. The van der Waals surface area contributed by atoms with Gasteiger partial charge in [-0.25, -0.2) is 4.79 Å². The lowest BCUT2D eigenvalue weighted by atomic mass is 9.98. The molecule has 1 saturated heterocycles. The highest BCUT2D eigenvalue weighted by atomic mass is 32.1. The highest BCUT2D eigenvalue weighted by Crippen LogP contribution is 2.33. The number of ether oxygens (including phenoxy) is 1. The number of carbonyl (C=O) groups is 1. The summed E-state index contributed by atoms with van der Waals surface area (Å²) >= 11 is 4.51. The lowest BCUT2D eigenvalue weighted by molar-refractivity contribution is 0.0336. The molecule has 3 aromatic carbocycles.